The summed E-state index contributed by atoms with van der Waals surface area (Å²) < 4.78 is 0. The molecule has 0 saturated heterocycles. The maximum absolute atomic E-state index is 12.1. The standard InChI is InChI=1S/C17H23ClN4O3/c1-9(2)15(19)17(25)20-8-14(23)21-11-5-6-13(18)12(7-11)16(24)22-10-3-4-10/h5-7,9-10,15H,3-4,8,19H2,1-2H3,(H,20,25)(H,21,23)(H,22,24)/t15-/m0/s1. The van der Waals surface area contributed by atoms with Crippen LogP contribution in [0.1, 0.15) is 37.0 Å². The molecule has 8 heteroatoms. The van der Waals surface area contributed by atoms with Crippen molar-refractivity contribution in [2.45, 2.75) is 38.8 Å². The van der Waals surface area contributed by atoms with Gasteiger partial charge in [0, 0.05) is 11.7 Å². The van der Waals surface area contributed by atoms with Crippen LogP contribution in [0.25, 0.3) is 0 Å². The van der Waals surface area contributed by atoms with E-state index in [0.29, 0.717) is 16.3 Å². The Labute approximate surface area is 151 Å². The van der Waals surface area contributed by atoms with E-state index in [4.69, 9.17) is 17.3 Å². The van der Waals surface area contributed by atoms with Crippen LogP contribution in [0.15, 0.2) is 18.2 Å². The van der Waals surface area contributed by atoms with Gasteiger partial charge in [0.15, 0.2) is 0 Å². The summed E-state index contributed by atoms with van der Waals surface area (Å²) in [5.41, 5.74) is 6.44. The summed E-state index contributed by atoms with van der Waals surface area (Å²) in [4.78, 5) is 35.8. The molecule has 25 heavy (non-hydrogen) atoms. The Morgan fingerprint density at radius 3 is 2.56 bits per heavy atom. The lowest BCUT2D eigenvalue weighted by Gasteiger charge is -2.15. The van der Waals surface area contributed by atoms with Gasteiger partial charge in [-0.15, -0.1) is 0 Å². The first-order valence-corrected chi connectivity index (χ1v) is 8.59. The van der Waals surface area contributed by atoms with E-state index in [1.807, 2.05) is 13.8 Å². The van der Waals surface area contributed by atoms with Crippen LogP contribution in [0, 0.1) is 5.92 Å². The van der Waals surface area contributed by atoms with Gasteiger partial charge in [0.2, 0.25) is 11.8 Å². The molecule has 0 aliphatic heterocycles. The summed E-state index contributed by atoms with van der Waals surface area (Å²) in [6, 6.07) is 4.20. The average molecular weight is 367 g/mol. The third-order valence-corrected chi connectivity index (χ3v) is 4.18. The molecule has 1 aromatic rings. The van der Waals surface area contributed by atoms with Crippen LogP contribution in [0.4, 0.5) is 5.69 Å². The Hall–Kier alpha value is -2.12. The minimum Gasteiger partial charge on any atom is -0.349 e. The summed E-state index contributed by atoms with van der Waals surface area (Å²) in [5.74, 6) is -1.09. The van der Waals surface area contributed by atoms with Crippen molar-refractivity contribution in [3.8, 4) is 0 Å². The number of anilines is 1. The van der Waals surface area contributed by atoms with E-state index in [1.165, 1.54) is 6.07 Å². The van der Waals surface area contributed by atoms with Gasteiger partial charge in [-0.05, 0) is 37.0 Å². The van der Waals surface area contributed by atoms with Crippen molar-refractivity contribution in [3.63, 3.8) is 0 Å². The average Bonchev–Trinajstić information content (AvgIpc) is 3.37. The molecule has 0 aromatic heterocycles. The summed E-state index contributed by atoms with van der Waals surface area (Å²) >= 11 is 6.05. The molecular weight excluding hydrogens is 344 g/mol. The van der Waals surface area contributed by atoms with Crippen LogP contribution >= 0.6 is 11.6 Å². The first kappa shape index (κ1) is 19.2. The summed E-state index contributed by atoms with van der Waals surface area (Å²) in [6.07, 6.45) is 1.94. The Bertz CT molecular complexity index is 674. The second-order valence-electron chi connectivity index (χ2n) is 6.48. The second kappa shape index (κ2) is 8.31. The highest BCUT2D eigenvalue weighted by atomic mass is 35.5. The van der Waals surface area contributed by atoms with Gasteiger partial charge in [-0.2, -0.15) is 0 Å². The molecule has 1 saturated carbocycles. The van der Waals surface area contributed by atoms with Crippen LogP contribution in [0.3, 0.4) is 0 Å². The molecular formula is C17H23ClN4O3. The van der Waals surface area contributed by atoms with E-state index in [0.717, 1.165) is 12.8 Å². The summed E-state index contributed by atoms with van der Waals surface area (Å²) in [7, 11) is 0. The van der Waals surface area contributed by atoms with Gasteiger partial charge in [-0.3, -0.25) is 14.4 Å². The summed E-state index contributed by atoms with van der Waals surface area (Å²) in [5, 5.41) is 8.27. The van der Waals surface area contributed by atoms with E-state index >= 15 is 0 Å². The number of nitrogens with two attached hydrogens (primary N) is 1. The molecule has 1 aliphatic carbocycles. The quantitative estimate of drug-likeness (QED) is 0.582. The molecule has 0 heterocycles. The van der Waals surface area contributed by atoms with E-state index in [2.05, 4.69) is 16.0 Å². The number of rotatable bonds is 7. The molecule has 0 bridgehead atoms. The van der Waals surface area contributed by atoms with Crippen molar-refractivity contribution in [1.82, 2.24) is 10.6 Å². The van der Waals surface area contributed by atoms with E-state index in [1.54, 1.807) is 12.1 Å². The van der Waals surface area contributed by atoms with Crippen molar-refractivity contribution in [3.05, 3.63) is 28.8 Å². The smallest absolute Gasteiger partial charge is 0.253 e. The van der Waals surface area contributed by atoms with Crippen LogP contribution in [0.5, 0.6) is 0 Å². The molecule has 2 rings (SSSR count). The number of hydrogen-bond acceptors (Lipinski definition) is 4. The van der Waals surface area contributed by atoms with Crippen LogP contribution < -0.4 is 21.7 Å². The third kappa shape index (κ3) is 5.72. The topological polar surface area (TPSA) is 113 Å². The fourth-order valence-electron chi connectivity index (χ4n) is 2.06. The van der Waals surface area contributed by atoms with Gasteiger partial charge in [-0.25, -0.2) is 0 Å². The molecule has 0 radical (unpaired) electrons. The van der Waals surface area contributed by atoms with Crippen LogP contribution in [0.2, 0.25) is 5.02 Å². The van der Waals surface area contributed by atoms with Crippen molar-refractivity contribution < 1.29 is 14.4 Å². The molecule has 0 unspecified atom stereocenters. The maximum Gasteiger partial charge on any atom is 0.253 e. The van der Waals surface area contributed by atoms with Crippen molar-refractivity contribution in [2.75, 3.05) is 11.9 Å². The summed E-state index contributed by atoms with van der Waals surface area (Å²) in [6.45, 7) is 3.45. The van der Waals surface area contributed by atoms with Gasteiger partial charge in [-0.1, -0.05) is 25.4 Å². The Balaban J connectivity index is 1.92. The minimum atomic E-state index is -0.666. The highest BCUT2D eigenvalue weighted by molar-refractivity contribution is 6.34. The number of halogens is 1. The van der Waals surface area contributed by atoms with Gasteiger partial charge in [0.1, 0.15) is 0 Å². The highest BCUT2D eigenvalue weighted by Crippen LogP contribution is 2.23. The number of amides is 3. The van der Waals surface area contributed by atoms with E-state index in [-0.39, 0.29) is 30.3 Å². The number of carbonyl (C=O) groups is 3. The monoisotopic (exact) mass is 366 g/mol. The van der Waals surface area contributed by atoms with Crippen molar-refractivity contribution in [1.29, 1.82) is 0 Å². The number of hydrogen-bond donors (Lipinski definition) is 4. The zero-order chi connectivity index (χ0) is 18.6. The normalized spacial score (nSPS) is 14.8. The van der Waals surface area contributed by atoms with Crippen LogP contribution in [-0.4, -0.2) is 36.3 Å². The predicted molar refractivity (Wildman–Crippen MR) is 96.4 cm³/mol. The van der Waals surface area contributed by atoms with Gasteiger partial charge in [0.05, 0.1) is 23.2 Å². The van der Waals surface area contributed by atoms with E-state index < -0.39 is 11.9 Å². The molecule has 1 fully saturated rings. The van der Waals surface area contributed by atoms with Gasteiger partial charge in [0.25, 0.3) is 5.91 Å². The lowest BCUT2D eigenvalue weighted by atomic mass is 10.1. The zero-order valence-electron chi connectivity index (χ0n) is 14.3. The molecule has 0 spiro atoms. The van der Waals surface area contributed by atoms with Gasteiger partial charge < -0.3 is 21.7 Å². The minimum absolute atomic E-state index is 0.0214. The zero-order valence-corrected chi connectivity index (χ0v) is 15.0. The maximum atomic E-state index is 12.1. The SMILES string of the molecule is CC(C)[C@H](N)C(=O)NCC(=O)Nc1ccc(Cl)c(C(=O)NC2CC2)c1. The molecule has 3 amide bonds. The Morgan fingerprint density at radius 1 is 1.28 bits per heavy atom. The van der Waals surface area contributed by atoms with Gasteiger partial charge >= 0.3 is 0 Å². The predicted octanol–water partition coefficient (Wildman–Crippen LogP) is 1.27. The fourth-order valence-corrected chi connectivity index (χ4v) is 2.26. The highest BCUT2D eigenvalue weighted by Gasteiger charge is 2.25. The lowest BCUT2D eigenvalue weighted by Crippen LogP contribution is -2.46. The Kier molecular flexibility index (Phi) is 6.39. The number of carbonyl (C=O) groups excluding carboxylic acids is 3. The molecule has 1 aliphatic rings. The second-order valence-corrected chi connectivity index (χ2v) is 6.89. The largest absolute Gasteiger partial charge is 0.349 e. The third-order valence-electron chi connectivity index (χ3n) is 3.85. The molecule has 5 N–H and O–H groups in total. The first-order chi connectivity index (χ1) is 11.8. The van der Waals surface area contributed by atoms with E-state index in [9.17, 15) is 14.4 Å². The van der Waals surface area contributed by atoms with Crippen molar-refractivity contribution in [2.24, 2.45) is 11.7 Å². The number of nitrogens with one attached hydrogen (secondary N) is 3. The number of benzene rings is 1. The first-order valence-electron chi connectivity index (χ1n) is 8.21. The Morgan fingerprint density at radius 2 is 1.96 bits per heavy atom. The molecule has 1 atom stereocenters. The lowest BCUT2D eigenvalue weighted by molar-refractivity contribution is -0.125. The molecule has 7 nitrogen and oxygen atoms in total. The molecule has 136 valence electrons. The van der Waals surface area contributed by atoms with Crippen LogP contribution in [-0.2, 0) is 9.59 Å². The molecule has 1 aromatic carbocycles. The van der Waals surface area contributed by atoms with Crippen molar-refractivity contribution >= 4 is 35.0 Å². The fraction of sp³-hybridized carbons (Fsp3) is 0.471.